The number of nitrogens with zero attached hydrogens (tertiary/aromatic N) is 1. The predicted molar refractivity (Wildman–Crippen MR) is 122 cm³/mol. The number of rotatable bonds is 6. The van der Waals surface area contributed by atoms with Gasteiger partial charge in [-0.05, 0) is 63.6 Å². The zero-order valence-electron chi connectivity index (χ0n) is 17.5. The van der Waals surface area contributed by atoms with Crippen LogP contribution < -0.4 is 10.6 Å². The number of aliphatic carboxylic acids is 1. The smallest absolute Gasteiger partial charge is 0.320 e. The molecule has 3 nitrogen and oxygen atoms in total. The maximum Gasteiger partial charge on any atom is 0.320 e. The molecule has 1 aliphatic heterocycles. The van der Waals surface area contributed by atoms with Crippen LogP contribution in [0.15, 0.2) is 60.7 Å². The van der Waals surface area contributed by atoms with Crippen LogP contribution in [0.2, 0.25) is 0 Å². The lowest BCUT2D eigenvalue weighted by molar-refractivity contribution is -0.143. The van der Waals surface area contributed by atoms with E-state index in [1.165, 1.54) is 29.9 Å². The Morgan fingerprint density at radius 1 is 1.03 bits per heavy atom. The van der Waals surface area contributed by atoms with Crippen molar-refractivity contribution in [1.82, 2.24) is 4.90 Å². The molecule has 1 aliphatic carbocycles. The number of carboxylic acids is 1. The molecule has 4 heteroatoms. The van der Waals surface area contributed by atoms with Gasteiger partial charge in [-0.1, -0.05) is 74.0 Å². The summed E-state index contributed by atoms with van der Waals surface area (Å²) in [6.07, 6.45) is 5.42. The Balaban J connectivity index is 1.72. The number of hydrogen-bond donors (Lipinski definition) is 1. The van der Waals surface area contributed by atoms with Crippen molar-refractivity contribution in [3.63, 3.8) is 0 Å². The van der Waals surface area contributed by atoms with Crippen LogP contribution in [0.1, 0.15) is 46.0 Å². The number of hydrogen-bond acceptors (Lipinski definition) is 2. The standard InChI is InChI=1S/C25H32NO2P/c1-19(26-18-10-16-23(26)24(27)28)22-15-9-17-25(22,2)29(20-11-5-3-6-12-20)21-13-7-4-8-14-21/h3-8,11-14,19,22-23H,9-10,15-18H2,1-2H3,(H,27,28)/t19-,22+,23+,25?/m1/s1. The maximum atomic E-state index is 11.8. The van der Waals surface area contributed by atoms with Crippen LogP contribution >= 0.6 is 7.92 Å². The minimum Gasteiger partial charge on any atom is -0.480 e. The van der Waals surface area contributed by atoms with Gasteiger partial charge in [-0.25, -0.2) is 0 Å². The first-order valence-electron chi connectivity index (χ1n) is 10.9. The van der Waals surface area contributed by atoms with Crippen molar-refractivity contribution >= 4 is 24.5 Å². The van der Waals surface area contributed by atoms with Crippen molar-refractivity contribution in [2.45, 2.75) is 63.2 Å². The Morgan fingerprint density at radius 3 is 2.17 bits per heavy atom. The molecule has 2 aromatic rings. The van der Waals surface area contributed by atoms with E-state index < -0.39 is 13.9 Å². The second-order valence-electron chi connectivity index (χ2n) is 8.84. The van der Waals surface area contributed by atoms with Gasteiger partial charge in [-0.2, -0.15) is 0 Å². The number of likely N-dealkylation sites (tertiary alicyclic amines) is 1. The van der Waals surface area contributed by atoms with Gasteiger partial charge in [-0.15, -0.1) is 0 Å². The van der Waals surface area contributed by atoms with Gasteiger partial charge in [0.15, 0.2) is 0 Å². The molecular weight excluding hydrogens is 377 g/mol. The minimum atomic E-state index is -0.651. The third-order valence-electron chi connectivity index (χ3n) is 7.22. The van der Waals surface area contributed by atoms with Crippen molar-refractivity contribution in [1.29, 1.82) is 0 Å². The van der Waals surface area contributed by atoms with Crippen molar-refractivity contribution in [3.05, 3.63) is 60.7 Å². The Labute approximate surface area is 175 Å². The average molecular weight is 410 g/mol. The molecule has 4 atom stereocenters. The Morgan fingerprint density at radius 2 is 1.62 bits per heavy atom. The molecule has 0 amide bonds. The molecule has 154 valence electrons. The normalized spacial score (nSPS) is 28.7. The van der Waals surface area contributed by atoms with Gasteiger partial charge in [0, 0.05) is 11.2 Å². The Bertz CT molecular complexity index is 788. The van der Waals surface area contributed by atoms with E-state index in [0.29, 0.717) is 12.0 Å². The lowest BCUT2D eigenvalue weighted by Gasteiger charge is -2.45. The van der Waals surface area contributed by atoms with Crippen LogP contribution in [0, 0.1) is 5.92 Å². The van der Waals surface area contributed by atoms with Gasteiger partial charge in [-0.3, -0.25) is 9.69 Å². The van der Waals surface area contributed by atoms with Gasteiger partial charge in [0.2, 0.25) is 0 Å². The van der Waals surface area contributed by atoms with Crippen LogP contribution in [-0.2, 0) is 4.79 Å². The Kier molecular flexibility index (Phi) is 6.08. The molecular formula is C25H32NO2P. The van der Waals surface area contributed by atoms with E-state index in [4.69, 9.17) is 0 Å². The number of carboxylic acid groups (broad SMARTS) is 1. The fraction of sp³-hybridized carbons (Fsp3) is 0.480. The van der Waals surface area contributed by atoms with Crippen molar-refractivity contribution in [3.8, 4) is 0 Å². The second kappa shape index (κ2) is 8.58. The maximum absolute atomic E-state index is 11.8. The zero-order chi connectivity index (χ0) is 20.4. The number of benzene rings is 2. The van der Waals surface area contributed by atoms with E-state index in [9.17, 15) is 9.90 Å². The lowest BCUT2D eigenvalue weighted by atomic mass is 9.89. The third-order valence-corrected chi connectivity index (χ3v) is 10.4. The first-order chi connectivity index (χ1) is 14.0. The summed E-state index contributed by atoms with van der Waals surface area (Å²) in [7, 11) is -0.524. The molecule has 0 aromatic heterocycles. The highest BCUT2D eigenvalue weighted by atomic mass is 31.1. The summed E-state index contributed by atoms with van der Waals surface area (Å²) < 4.78 is 0. The van der Waals surface area contributed by atoms with E-state index in [0.717, 1.165) is 19.4 Å². The highest BCUT2D eigenvalue weighted by molar-refractivity contribution is 7.74. The highest BCUT2D eigenvalue weighted by Crippen LogP contribution is 2.60. The summed E-state index contributed by atoms with van der Waals surface area (Å²) >= 11 is 0. The molecule has 2 aliphatic rings. The van der Waals surface area contributed by atoms with E-state index in [2.05, 4.69) is 79.4 Å². The van der Waals surface area contributed by atoms with Crippen LogP contribution in [0.25, 0.3) is 0 Å². The molecule has 0 radical (unpaired) electrons. The molecule has 4 rings (SSSR count). The summed E-state index contributed by atoms with van der Waals surface area (Å²) in [5, 5.41) is 12.8. The van der Waals surface area contributed by atoms with Crippen LogP contribution in [0.3, 0.4) is 0 Å². The zero-order valence-corrected chi connectivity index (χ0v) is 18.4. The second-order valence-corrected chi connectivity index (χ2v) is 11.6. The largest absolute Gasteiger partial charge is 0.480 e. The van der Waals surface area contributed by atoms with Gasteiger partial charge in [0.1, 0.15) is 6.04 Å². The minimum absolute atomic E-state index is 0.170. The fourth-order valence-corrected chi connectivity index (χ4v) is 9.36. The first-order valence-corrected chi connectivity index (χ1v) is 12.3. The molecule has 1 saturated heterocycles. The monoisotopic (exact) mass is 409 g/mol. The summed E-state index contributed by atoms with van der Waals surface area (Å²) in [6, 6.07) is 22.0. The molecule has 1 heterocycles. The molecule has 29 heavy (non-hydrogen) atoms. The van der Waals surface area contributed by atoms with E-state index in [1.54, 1.807) is 0 Å². The van der Waals surface area contributed by atoms with Gasteiger partial charge < -0.3 is 5.11 Å². The molecule has 0 spiro atoms. The van der Waals surface area contributed by atoms with E-state index >= 15 is 0 Å². The van der Waals surface area contributed by atoms with Crippen LogP contribution in [0.4, 0.5) is 0 Å². The third kappa shape index (κ3) is 3.88. The van der Waals surface area contributed by atoms with E-state index in [1.807, 2.05) is 0 Å². The summed E-state index contributed by atoms with van der Waals surface area (Å²) in [6.45, 7) is 5.69. The Hall–Kier alpha value is -1.70. The predicted octanol–water partition coefficient (Wildman–Crippen LogP) is 4.62. The van der Waals surface area contributed by atoms with Crippen LogP contribution in [-0.4, -0.2) is 39.8 Å². The first kappa shape index (κ1) is 20.6. The molecule has 0 bridgehead atoms. The van der Waals surface area contributed by atoms with Crippen molar-refractivity contribution < 1.29 is 9.90 Å². The lowest BCUT2D eigenvalue weighted by Crippen LogP contribution is -2.50. The van der Waals surface area contributed by atoms with Crippen molar-refractivity contribution in [2.24, 2.45) is 5.92 Å². The molecule has 2 fully saturated rings. The summed E-state index contributed by atoms with van der Waals surface area (Å²) in [4.78, 5) is 14.1. The SMILES string of the molecule is C[C@H]([C@@H]1CCCC1(C)P(c1ccccc1)c1ccccc1)N1CCC[C@H]1C(=O)O. The topological polar surface area (TPSA) is 40.5 Å². The van der Waals surface area contributed by atoms with Crippen LogP contribution in [0.5, 0.6) is 0 Å². The molecule has 2 aromatic carbocycles. The van der Waals surface area contributed by atoms with Gasteiger partial charge in [0.25, 0.3) is 0 Å². The summed E-state index contributed by atoms with van der Waals surface area (Å²) in [5.74, 6) is -0.142. The fourth-order valence-electron chi connectivity index (χ4n) is 5.88. The highest BCUT2D eigenvalue weighted by Gasteiger charge is 2.50. The quantitative estimate of drug-likeness (QED) is 0.708. The summed E-state index contributed by atoms with van der Waals surface area (Å²) in [5.41, 5.74) is 0. The van der Waals surface area contributed by atoms with Gasteiger partial charge in [0.05, 0.1) is 0 Å². The van der Waals surface area contributed by atoms with Gasteiger partial charge >= 0.3 is 5.97 Å². The van der Waals surface area contributed by atoms with Crippen molar-refractivity contribution in [2.75, 3.05) is 6.54 Å². The average Bonchev–Trinajstić information content (AvgIpc) is 3.37. The molecule has 1 saturated carbocycles. The molecule has 1 N–H and O–H groups in total. The van der Waals surface area contributed by atoms with E-state index in [-0.39, 0.29) is 11.2 Å². The number of carbonyl (C=O) groups is 1. The molecule has 1 unspecified atom stereocenters.